The monoisotopic (exact) mass is 297 g/mol. The highest BCUT2D eigenvalue weighted by atomic mass is 19.3. The minimum atomic E-state index is -2.42. The van der Waals surface area contributed by atoms with Crippen molar-refractivity contribution in [2.75, 3.05) is 19.8 Å². The number of fused-ring (bicyclic) bond motifs is 1. The zero-order chi connectivity index (χ0) is 15.2. The van der Waals surface area contributed by atoms with Gasteiger partial charge >= 0.3 is 0 Å². The summed E-state index contributed by atoms with van der Waals surface area (Å²) in [6.07, 6.45) is -1.82. The van der Waals surface area contributed by atoms with E-state index in [0.717, 1.165) is 28.8 Å². The molecule has 1 atom stereocenters. The van der Waals surface area contributed by atoms with Crippen molar-refractivity contribution in [1.82, 2.24) is 5.32 Å². The number of hydrogen-bond donors (Lipinski definition) is 1. The number of rotatable bonds is 8. The fraction of sp³-hybridized carbons (Fsp3) is 0.500. The molecular formula is C16H21F2NO2. The van der Waals surface area contributed by atoms with Gasteiger partial charge < -0.3 is 14.5 Å². The molecule has 3 nitrogen and oxygen atoms in total. The first-order valence-electron chi connectivity index (χ1n) is 7.20. The Morgan fingerprint density at radius 2 is 2.14 bits per heavy atom. The average Bonchev–Trinajstić information content (AvgIpc) is 2.87. The summed E-state index contributed by atoms with van der Waals surface area (Å²) < 4.78 is 35.0. The van der Waals surface area contributed by atoms with Crippen LogP contribution in [0.2, 0.25) is 0 Å². The molecule has 1 aromatic carbocycles. The summed E-state index contributed by atoms with van der Waals surface area (Å²) in [5, 5.41) is 4.36. The Bertz CT molecular complexity index is 568. The summed E-state index contributed by atoms with van der Waals surface area (Å²) in [4.78, 5) is 0. The lowest BCUT2D eigenvalue weighted by atomic mass is 10.1. The largest absolute Gasteiger partial charge is 0.459 e. The molecule has 2 aromatic rings. The number of benzene rings is 1. The normalized spacial score (nSPS) is 13.2. The predicted molar refractivity (Wildman–Crippen MR) is 78.8 cm³/mol. The third-order valence-electron chi connectivity index (χ3n) is 3.35. The van der Waals surface area contributed by atoms with Crippen molar-refractivity contribution in [3.8, 4) is 0 Å². The molecule has 1 N–H and O–H groups in total. The molecule has 0 fully saturated rings. The second kappa shape index (κ2) is 7.52. The number of halogens is 2. The average molecular weight is 297 g/mol. The van der Waals surface area contributed by atoms with E-state index in [1.807, 2.05) is 38.1 Å². The van der Waals surface area contributed by atoms with E-state index in [0.29, 0.717) is 6.42 Å². The van der Waals surface area contributed by atoms with E-state index >= 15 is 0 Å². The lowest BCUT2D eigenvalue weighted by molar-refractivity contribution is 0.0139. The summed E-state index contributed by atoms with van der Waals surface area (Å²) in [5.41, 5.74) is 1.96. The highest BCUT2D eigenvalue weighted by molar-refractivity contribution is 5.80. The molecule has 5 heteroatoms. The van der Waals surface area contributed by atoms with Crippen LogP contribution in [0.25, 0.3) is 11.0 Å². The Balaban J connectivity index is 2.06. The molecular weight excluding hydrogens is 276 g/mol. The van der Waals surface area contributed by atoms with Gasteiger partial charge in [-0.1, -0.05) is 25.1 Å². The van der Waals surface area contributed by atoms with Gasteiger partial charge in [0, 0.05) is 12.0 Å². The maximum atomic E-state index is 12.1. The van der Waals surface area contributed by atoms with Crippen molar-refractivity contribution in [2.24, 2.45) is 0 Å². The van der Waals surface area contributed by atoms with Crippen molar-refractivity contribution in [3.05, 3.63) is 35.6 Å². The second-order valence-corrected chi connectivity index (χ2v) is 5.01. The SMILES string of the molecule is CCNC(CCOCC(F)F)c1cc2cccc(C)c2o1. The van der Waals surface area contributed by atoms with Gasteiger partial charge in [0.05, 0.1) is 6.04 Å². The van der Waals surface area contributed by atoms with Crippen LogP contribution in [0.3, 0.4) is 0 Å². The van der Waals surface area contributed by atoms with Gasteiger partial charge in [-0.25, -0.2) is 8.78 Å². The smallest absolute Gasteiger partial charge is 0.261 e. The van der Waals surface area contributed by atoms with Crippen molar-refractivity contribution >= 4 is 11.0 Å². The molecule has 1 heterocycles. The van der Waals surface area contributed by atoms with Crippen LogP contribution in [0.1, 0.15) is 30.7 Å². The Kier molecular flexibility index (Phi) is 5.70. The summed E-state index contributed by atoms with van der Waals surface area (Å²) in [5.74, 6) is 0.821. The molecule has 0 spiro atoms. The maximum absolute atomic E-state index is 12.1. The van der Waals surface area contributed by atoms with Gasteiger partial charge in [0.15, 0.2) is 0 Å². The molecule has 0 amide bonds. The van der Waals surface area contributed by atoms with Crippen LogP contribution in [0.15, 0.2) is 28.7 Å². The fourth-order valence-corrected chi connectivity index (χ4v) is 2.37. The number of aryl methyl sites for hydroxylation is 1. The maximum Gasteiger partial charge on any atom is 0.261 e. The van der Waals surface area contributed by atoms with Crippen LogP contribution < -0.4 is 5.32 Å². The van der Waals surface area contributed by atoms with Gasteiger partial charge in [-0.2, -0.15) is 0 Å². The number of alkyl halides is 2. The lowest BCUT2D eigenvalue weighted by Crippen LogP contribution is -2.22. The molecule has 0 bridgehead atoms. The first-order chi connectivity index (χ1) is 10.1. The molecule has 1 aromatic heterocycles. The van der Waals surface area contributed by atoms with E-state index < -0.39 is 13.0 Å². The predicted octanol–water partition coefficient (Wildman–Crippen LogP) is 4.06. The minimum absolute atomic E-state index is 0.0283. The lowest BCUT2D eigenvalue weighted by Gasteiger charge is -2.15. The molecule has 0 radical (unpaired) electrons. The highest BCUT2D eigenvalue weighted by Gasteiger charge is 2.16. The van der Waals surface area contributed by atoms with Gasteiger partial charge in [-0.3, -0.25) is 0 Å². The molecule has 1 unspecified atom stereocenters. The van der Waals surface area contributed by atoms with Crippen LogP contribution in [0.5, 0.6) is 0 Å². The standard InChI is InChI=1S/C16H21F2NO2/c1-3-19-13(7-8-20-10-15(17)18)14-9-12-6-4-5-11(2)16(12)21-14/h4-6,9,13,15,19H,3,7-8,10H2,1-2H3. The fourth-order valence-electron chi connectivity index (χ4n) is 2.37. The first-order valence-corrected chi connectivity index (χ1v) is 7.20. The topological polar surface area (TPSA) is 34.4 Å². The van der Waals surface area contributed by atoms with Gasteiger partial charge in [0.25, 0.3) is 6.43 Å². The number of hydrogen-bond acceptors (Lipinski definition) is 3. The van der Waals surface area contributed by atoms with Gasteiger partial charge in [-0.15, -0.1) is 0 Å². The van der Waals surface area contributed by atoms with Crippen LogP contribution in [0.4, 0.5) is 8.78 Å². The van der Waals surface area contributed by atoms with Crippen LogP contribution in [-0.4, -0.2) is 26.2 Å². The van der Waals surface area contributed by atoms with Crippen LogP contribution in [-0.2, 0) is 4.74 Å². The van der Waals surface area contributed by atoms with Crippen LogP contribution >= 0.6 is 0 Å². The molecule has 0 saturated carbocycles. The molecule has 116 valence electrons. The molecule has 0 aliphatic heterocycles. The van der Waals surface area contributed by atoms with Crippen molar-refractivity contribution in [2.45, 2.75) is 32.7 Å². The van der Waals surface area contributed by atoms with E-state index in [1.54, 1.807) is 0 Å². The molecule has 0 aliphatic carbocycles. The summed E-state index contributed by atoms with van der Waals surface area (Å²) in [7, 11) is 0. The van der Waals surface area contributed by atoms with Crippen molar-refractivity contribution in [3.63, 3.8) is 0 Å². The Labute approximate surface area is 123 Å². The number of furan rings is 1. The summed E-state index contributed by atoms with van der Waals surface area (Å²) in [6, 6.07) is 7.97. The van der Waals surface area contributed by atoms with Gasteiger partial charge in [-0.05, 0) is 31.5 Å². The molecule has 2 rings (SSSR count). The zero-order valence-corrected chi connectivity index (χ0v) is 12.4. The molecule has 0 aliphatic rings. The Morgan fingerprint density at radius 3 is 2.81 bits per heavy atom. The van der Waals surface area contributed by atoms with E-state index in [4.69, 9.17) is 9.15 Å². The third kappa shape index (κ3) is 4.25. The Hall–Kier alpha value is -1.46. The van der Waals surface area contributed by atoms with Gasteiger partial charge in [0.2, 0.25) is 0 Å². The van der Waals surface area contributed by atoms with Crippen molar-refractivity contribution in [1.29, 1.82) is 0 Å². The minimum Gasteiger partial charge on any atom is -0.459 e. The van der Waals surface area contributed by atoms with Gasteiger partial charge in [0.1, 0.15) is 18.0 Å². The van der Waals surface area contributed by atoms with Crippen molar-refractivity contribution < 1.29 is 17.9 Å². The molecule has 0 saturated heterocycles. The highest BCUT2D eigenvalue weighted by Crippen LogP contribution is 2.27. The summed E-state index contributed by atoms with van der Waals surface area (Å²) in [6.45, 7) is 4.54. The zero-order valence-electron chi connectivity index (χ0n) is 12.4. The number of para-hydroxylation sites is 1. The van der Waals surface area contributed by atoms with E-state index in [2.05, 4.69) is 5.32 Å². The molecule has 21 heavy (non-hydrogen) atoms. The van der Waals surface area contributed by atoms with Crippen LogP contribution in [0, 0.1) is 6.92 Å². The first kappa shape index (κ1) is 15.9. The summed E-state index contributed by atoms with van der Waals surface area (Å²) >= 11 is 0. The van der Waals surface area contributed by atoms with E-state index in [9.17, 15) is 8.78 Å². The second-order valence-electron chi connectivity index (χ2n) is 5.01. The number of nitrogens with one attached hydrogen (secondary N) is 1. The number of ether oxygens (including phenoxy) is 1. The quantitative estimate of drug-likeness (QED) is 0.746. The van der Waals surface area contributed by atoms with E-state index in [1.165, 1.54) is 0 Å². The third-order valence-corrected chi connectivity index (χ3v) is 3.35. The van der Waals surface area contributed by atoms with E-state index in [-0.39, 0.29) is 12.6 Å². The Morgan fingerprint density at radius 1 is 1.33 bits per heavy atom.